The molecule has 0 aliphatic carbocycles. The molecule has 0 aromatic heterocycles. The Morgan fingerprint density at radius 3 is 2.31 bits per heavy atom. The highest BCUT2D eigenvalue weighted by molar-refractivity contribution is 6.48. The van der Waals surface area contributed by atoms with Crippen LogP contribution >= 0.6 is 0 Å². The Labute approximate surface area is 209 Å². The second-order valence-corrected chi connectivity index (χ2v) is 10.7. The summed E-state index contributed by atoms with van der Waals surface area (Å²) in [6.45, 7) is 8.36. The van der Waals surface area contributed by atoms with Crippen molar-refractivity contribution in [3.63, 3.8) is 0 Å². The van der Waals surface area contributed by atoms with E-state index in [0.717, 1.165) is 25.7 Å². The number of ether oxygens (including phenoxy) is 2. The molecule has 2 aliphatic rings. The van der Waals surface area contributed by atoms with Crippen molar-refractivity contribution in [2.45, 2.75) is 89.0 Å². The monoisotopic (exact) mass is 488 g/mol. The third kappa shape index (κ3) is 6.26. The highest BCUT2D eigenvalue weighted by atomic mass is 16.7. The van der Waals surface area contributed by atoms with Crippen molar-refractivity contribution < 1.29 is 28.4 Å². The second kappa shape index (κ2) is 11.4. The molecule has 194 valence electrons. The molecule has 2 amide bonds. The van der Waals surface area contributed by atoms with Crippen LogP contribution in [0.3, 0.4) is 0 Å². The summed E-state index contributed by atoms with van der Waals surface area (Å²) in [6, 6.07) is 10.2. The number of nitrogens with two attached hydrogens (primary N) is 1. The number of nitrogens with one attached hydrogen (secondary N) is 1. The fourth-order valence-corrected chi connectivity index (χ4v) is 4.83. The molecule has 0 spiro atoms. The van der Waals surface area contributed by atoms with E-state index in [1.807, 2.05) is 45.9 Å². The van der Waals surface area contributed by atoms with Crippen LogP contribution in [0.15, 0.2) is 30.3 Å². The Kier molecular flexibility index (Phi) is 9.02. The molecule has 1 unspecified atom stereocenters. The van der Waals surface area contributed by atoms with E-state index in [1.165, 1.54) is 12.7 Å². The molecule has 1 aromatic carbocycles. The van der Waals surface area contributed by atoms with Gasteiger partial charge in [0.15, 0.2) is 5.60 Å². The Bertz CT molecular complexity index is 841. The van der Waals surface area contributed by atoms with Gasteiger partial charge in [0.2, 0.25) is 5.91 Å². The van der Waals surface area contributed by atoms with Crippen LogP contribution in [0.2, 0.25) is 0 Å². The first-order valence-corrected chi connectivity index (χ1v) is 12.6. The van der Waals surface area contributed by atoms with Gasteiger partial charge >= 0.3 is 7.12 Å². The van der Waals surface area contributed by atoms with E-state index in [4.69, 9.17) is 24.5 Å². The van der Waals surface area contributed by atoms with E-state index in [2.05, 4.69) is 17.4 Å². The number of carbonyl (C=O) groups excluding carboxylic acids is 2. The predicted octanol–water partition coefficient (Wildman–Crippen LogP) is 2.81. The van der Waals surface area contributed by atoms with Crippen molar-refractivity contribution in [2.75, 3.05) is 20.3 Å². The van der Waals surface area contributed by atoms with Crippen LogP contribution in [0, 0.1) is 5.92 Å². The molecule has 0 bridgehead atoms. The molecule has 2 saturated heterocycles. The zero-order valence-electron chi connectivity index (χ0n) is 21.8. The van der Waals surface area contributed by atoms with Crippen LogP contribution in [-0.2, 0) is 34.8 Å². The van der Waals surface area contributed by atoms with Gasteiger partial charge < -0.3 is 29.8 Å². The third-order valence-corrected chi connectivity index (χ3v) is 7.68. The van der Waals surface area contributed by atoms with E-state index in [-0.39, 0.29) is 12.5 Å². The Morgan fingerprint density at radius 2 is 1.77 bits per heavy atom. The molecule has 2 fully saturated rings. The number of amides is 2. The van der Waals surface area contributed by atoms with E-state index in [1.54, 1.807) is 0 Å². The first-order valence-electron chi connectivity index (χ1n) is 12.6. The normalized spacial score (nSPS) is 25.1. The van der Waals surface area contributed by atoms with Gasteiger partial charge in [-0.05, 0) is 71.8 Å². The molecule has 3 atom stereocenters. The molecule has 8 nitrogen and oxygen atoms in total. The summed E-state index contributed by atoms with van der Waals surface area (Å²) in [5.74, 6) is -2.26. The van der Waals surface area contributed by atoms with Crippen molar-refractivity contribution in [1.82, 2.24) is 5.32 Å². The zero-order valence-corrected chi connectivity index (χ0v) is 21.8. The van der Waals surface area contributed by atoms with E-state index in [0.29, 0.717) is 19.4 Å². The van der Waals surface area contributed by atoms with Gasteiger partial charge in [0.1, 0.15) is 0 Å². The molecule has 0 saturated carbocycles. The van der Waals surface area contributed by atoms with Crippen LogP contribution in [0.25, 0.3) is 0 Å². The third-order valence-electron chi connectivity index (χ3n) is 7.68. The minimum absolute atomic E-state index is 0.0227. The summed E-state index contributed by atoms with van der Waals surface area (Å²) in [6.07, 6.45) is 4.30. The number of methoxy groups -OCH3 is 1. The summed E-state index contributed by atoms with van der Waals surface area (Å²) in [5, 5.41) is 3.13. The number of hydrogen-bond acceptors (Lipinski definition) is 6. The van der Waals surface area contributed by atoms with Gasteiger partial charge in [0.25, 0.3) is 5.91 Å². The van der Waals surface area contributed by atoms with Crippen LogP contribution in [0.1, 0.15) is 65.4 Å². The summed E-state index contributed by atoms with van der Waals surface area (Å²) in [7, 11) is 0.878. The number of hydrogen-bond donors (Lipinski definition) is 2. The van der Waals surface area contributed by atoms with Crippen molar-refractivity contribution in [2.24, 2.45) is 11.7 Å². The number of rotatable bonds is 11. The first-order chi connectivity index (χ1) is 16.5. The molecular formula is C26H41BN2O6. The Morgan fingerprint density at radius 1 is 1.11 bits per heavy atom. The quantitative estimate of drug-likeness (QED) is 0.464. The van der Waals surface area contributed by atoms with Crippen LogP contribution in [0.4, 0.5) is 0 Å². The molecule has 2 aliphatic heterocycles. The largest absolute Gasteiger partial charge is 0.481 e. The molecule has 3 N–H and O–H groups in total. The predicted molar refractivity (Wildman–Crippen MR) is 134 cm³/mol. The van der Waals surface area contributed by atoms with Crippen LogP contribution < -0.4 is 11.1 Å². The molecule has 3 rings (SSSR count). The highest BCUT2D eigenvalue weighted by Crippen LogP contribution is 2.38. The van der Waals surface area contributed by atoms with Crippen molar-refractivity contribution in [1.29, 1.82) is 0 Å². The summed E-state index contributed by atoms with van der Waals surface area (Å²) in [5.41, 5.74) is 4.56. The van der Waals surface area contributed by atoms with Crippen molar-refractivity contribution in [3.05, 3.63) is 35.9 Å². The lowest BCUT2D eigenvalue weighted by Gasteiger charge is -2.40. The van der Waals surface area contributed by atoms with Gasteiger partial charge in [-0.3, -0.25) is 9.59 Å². The van der Waals surface area contributed by atoms with E-state index in [9.17, 15) is 9.59 Å². The summed E-state index contributed by atoms with van der Waals surface area (Å²) < 4.78 is 23.8. The van der Waals surface area contributed by atoms with E-state index >= 15 is 0 Å². The van der Waals surface area contributed by atoms with Crippen molar-refractivity contribution >= 4 is 18.9 Å². The van der Waals surface area contributed by atoms with Gasteiger partial charge in [0, 0.05) is 13.7 Å². The zero-order chi connectivity index (χ0) is 25.7. The molecular weight excluding hydrogens is 447 g/mol. The molecule has 9 heteroatoms. The molecule has 2 heterocycles. The van der Waals surface area contributed by atoms with Gasteiger partial charge in [-0.2, -0.15) is 0 Å². The van der Waals surface area contributed by atoms with E-state index < -0.39 is 41.7 Å². The van der Waals surface area contributed by atoms with Gasteiger partial charge in [-0.1, -0.05) is 30.3 Å². The maximum absolute atomic E-state index is 13.7. The number of carbonyl (C=O) groups is 2. The topological polar surface area (TPSA) is 109 Å². The second-order valence-electron chi connectivity index (χ2n) is 10.7. The molecule has 35 heavy (non-hydrogen) atoms. The molecule has 0 radical (unpaired) electrons. The summed E-state index contributed by atoms with van der Waals surface area (Å²) in [4.78, 5) is 26.2. The fourth-order valence-electron chi connectivity index (χ4n) is 4.83. The lowest BCUT2D eigenvalue weighted by atomic mass is 9.74. The van der Waals surface area contributed by atoms with Gasteiger partial charge in [-0.25, -0.2) is 0 Å². The number of primary amides is 1. The smallest absolute Gasteiger partial charge is 0.402 e. The average Bonchev–Trinajstić information content (AvgIpc) is 3.04. The Balaban J connectivity index is 1.80. The number of benzene rings is 1. The average molecular weight is 488 g/mol. The number of aryl methyl sites for hydroxylation is 1. The van der Waals surface area contributed by atoms with Crippen LogP contribution in [-0.4, -0.2) is 62.0 Å². The minimum atomic E-state index is -1.39. The molecule has 1 aromatic rings. The maximum atomic E-state index is 13.7. The minimum Gasteiger partial charge on any atom is -0.402 e. The summed E-state index contributed by atoms with van der Waals surface area (Å²) >= 11 is 0. The highest BCUT2D eigenvalue weighted by Gasteiger charge is 2.55. The lowest BCUT2D eigenvalue weighted by molar-refractivity contribution is -0.172. The van der Waals surface area contributed by atoms with Gasteiger partial charge in [-0.15, -0.1) is 0 Å². The SMILES string of the molecule is COC[C@@H](C(=O)N[C@@H](CCCc1ccccc1)B1OC(C)(C)C(C)(C)O1)C1(C(N)=O)CCCCO1. The Hall–Kier alpha value is -1.94. The maximum Gasteiger partial charge on any atom is 0.481 e. The fraction of sp³-hybridized carbons (Fsp3) is 0.692. The van der Waals surface area contributed by atoms with Crippen LogP contribution in [0.5, 0.6) is 0 Å². The first kappa shape index (κ1) is 27.6. The van der Waals surface area contributed by atoms with Crippen molar-refractivity contribution in [3.8, 4) is 0 Å². The van der Waals surface area contributed by atoms with Gasteiger partial charge in [0.05, 0.1) is 29.7 Å². The standard InChI is InChI=1S/C26H41BN2O6/c1-24(2)25(3,4)35-27(34-24)21(15-11-14-19-12-7-6-8-13-19)29-22(30)20(18-32-5)26(23(28)31)16-9-10-17-33-26/h6-8,12-13,20-21H,9-11,14-18H2,1-5H3,(H2,28,31)(H,29,30)/t20-,21-,26?/m0/s1. The lowest BCUT2D eigenvalue weighted by Crippen LogP contribution is -2.61.